The second kappa shape index (κ2) is 7.63. The highest BCUT2D eigenvalue weighted by Crippen LogP contribution is 2.26. The molecule has 1 N–H and O–H groups in total. The third kappa shape index (κ3) is 5.03. The molecule has 1 saturated heterocycles. The van der Waals surface area contributed by atoms with Gasteiger partial charge in [-0.25, -0.2) is 8.42 Å². The maximum atomic E-state index is 12.6. The van der Waals surface area contributed by atoms with E-state index in [2.05, 4.69) is 4.90 Å². The minimum absolute atomic E-state index is 0.148. The number of hydrogen-bond acceptors (Lipinski definition) is 4. The zero-order valence-electron chi connectivity index (χ0n) is 14.3. The molecule has 1 heterocycles. The number of carboxylic acids is 1. The van der Waals surface area contributed by atoms with E-state index in [0.717, 1.165) is 13.0 Å². The maximum absolute atomic E-state index is 12.6. The van der Waals surface area contributed by atoms with Crippen LogP contribution in [0.25, 0.3) is 0 Å². The van der Waals surface area contributed by atoms with Crippen molar-refractivity contribution in [1.82, 2.24) is 9.21 Å². The van der Waals surface area contributed by atoms with Crippen molar-refractivity contribution in [2.75, 3.05) is 32.7 Å². The first-order valence-electron chi connectivity index (χ1n) is 8.20. The third-order valence-electron chi connectivity index (χ3n) is 4.45. The van der Waals surface area contributed by atoms with Crippen LogP contribution >= 0.6 is 0 Å². The molecule has 0 bridgehead atoms. The molecule has 0 aliphatic carbocycles. The van der Waals surface area contributed by atoms with Crippen LogP contribution < -0.4 is 0 Å². The lowest BCUT2D eigenvalue weighted by Crippen LogP contribution is -2.49. The lowest BCUT2D eigenvalue weighted by molar-refractivity contribution is -0.139. The van der Waals surface area contributed by atoms with Gasteiger partial charge in [-0.3, -0.25) is 4.79 Å². The summed E-state index contributed by atoms with van der Waals surface area (Å²) >= 11 is 0. The van der Waals surface area contributed by atoms with Crippen LogP contribution in [0.5, 0.6) is 0 Å². The molecule has 0 radical (unpaired) electrons. The van der Waals surface area contributed by atoms with Gasteiger partial charge in [0.2, 0.25) is 10.0 Å². The van der Waals surface area contributed by atoms with Crippen molar-refractivity contribution in [2.45, 2.75) is 31.6 Å². The highest BCUT2D eigenvalue weighted by molar-refractivity contribution is 7.89. The van der Waals surface area contributed by atoms with Gasteiger partial charge in [0.05, 0.1) is 11.3 Å². The van der Waals surface area contributed by atoms with Crippen LogP contribution in [0, 0.1) is 5.41 Å². The fourth-order valence-electron chi connectivity index (χ4n) is 2.89. The summed E-state index contributed by atoms with van der Waals surface area (Å²) in [4.78, 5) is 13.4. The summed E-state index contributed by atoms with van der Waals surface area (Å²) in [6.07, 6.45) is 0.931. The Hall–Kier alpha value is -1.44. The minimum atomic E-state index is -3.42. The van der Waals surface area contributed by atoms with E-state index in [9.17, 15) is 13.2 Å². The average molecular weight is 354 g/mol. The molecule has 24 heavy (non-hydrogen) atoms. The molecule has 0 amide bonds. The summed E-state index contributed by atoms with van der Waals surface area (Å²) in [6.45, 7) is 6.99. The lowest BCUT2D eigenvalue weighted by Gasteiger charge is -2.35. The summed E-state index contributed by atoms with van der Waals surface area (Å²) < 4.78 is 26.7. The first-order valence-corrected chi connectivity index (χ1v) is 9.64. The predicted octanol–water partition coefficient (Wildman–Crippen LogP) is 1.88. The van der Waals surface area contributed by atoms with E-state index < -0.39 is 16.0 Å². The molecule has 2 rings (SSSR count). The minimum Gasteiger partial charge on any atom is -0.481 e. The largest absolute Gasteiger partial charge is 0.481 e. The first kappa shape index (κ1) is 18.9. The Bertz CT molecular complexity index is 650. The van der Waals surface area contributed by atoms with Gasteiger partial charge in [-0.1, -0.05) is 32.0 Å². The predicted molar refractivity (Wildman–Crippen MR) is 92.3 cm³/mol. The van der Waals surface area contributed by atoms with Crippen LogP contribution in [0.1, 0.15) is 26.7 Å². The van der Waals surface area contributed by atoms with Crippen molar-refractivity contribution in [2.24, 2.45) is 5.41 Å². The second-order valence-electron chi connectivity index (χ2n) is 7.04. The quantitative estimate of drug-likeness (QED) is 0.809. The molecule has 0 atom stereocenters. The van der Waals surface area contributed by atoms with Gasteiger partial charge in [0.25, 0.3) is 0 Å². The highest BCUT2D eigenvalue weighted by atomic mass is 32.2. The lowest BCUT2D eigenvalue weighted by atomic mass is 9.85. The van der Waals surface area contributed by atoms with Crippen LogP contribution in [0.4, 0.5) is 0 Å². The van der Waals surface area contributed by atoms with Crippen LogP contribution in [0.2, 0.25) is 0 Å². The van der Waals surface area contributed by atoms with Crippen LogP contribution in [0.15, 0.2) is 35.2 Å². The molecule has 1 fully saturated rings. The summed E-state index contributed by atoms with van der Waals surface area (Å²) in [6, 6.07) is 8.50. The fourth-order valence-corrected chi connectivity index (χ4v) is 4.34. The zero-order valence-corrected chi connectivity index (χ0v) is 15.1. The molecular formula is C17H26N2O4S. The van der Waals surface area contributed by atoms with Crippen molar-refractivity contribution in [3.63, 3.8) is 0 Å². The van der Waals surface area contributed by atoms with Crippen LogP contribution in [-0.4, -0.2) is 61.4 Å². The van der Waals surface area contributed by atoms with Crippen LogP contribution in [0.3, 0.4) is 0 Å². The Morgan fingerprint density at radius 3 is 2.25 bits per heavy atom. The van der Waals surface area contributed by atoms with Crippen LogP contribution in [-0.2, 0) is 14.8 Å². The molecular weight excluding hydrogens is 328 g/mol. The number of carboxylic acid groups (broad SMARTS) is 1. The van der Waals surface area contributed by atoms with Gasteiger partial charge in [0.1, 0.15) is 0 Å². The number of piperazine rings is 1. The standard InChI is InChI=1S/C17H26N2O4S/c1-17(2,14-16(20)21)8-9-18-10-12-19(13-11-18)24(22,23)15-6-4-3-5-7-15/h3-7H,8-14H2,1-2H3,(H,20,21). The summed E-state index contributed by atoms with van der Waals surface area (Å²) in [5.74, 6) is -0.779. The molecule has 0 saturated carbocycles. The molecule has 1 aromatic rings. The number of nitrogens with zero attached hydrogens (tertiary/aromatic N) is 2. The Morgan fingerprint density at radius 2 is 1.71 bits per heavy atom. The SMILES string of the molecule is CC(C)(CCN1CCN(S(=O)(=O)c2ccccc2)CC1)CC(=O)O. The van der Waals surface area contributed by atoms with E-state index in [1.165, 1.54) is 4.31 Å². The van der Waals surface area contributed by atoms with E-state index >= 15 is 0 Å². The summed E-state index contributed by atoms with van der Waals surface area (Å²) in [7, 11) is -3.42. The van der Waals surface area contributed by atoms with E-state index in [1.54, 1.807) is 30.3 Å². The number of hydrogen-bond donors (Lipinski definition) is 1. The molecule has 7 heteroatoms. The monoisotopic (exact) mass is 354 g/mol. The molecule has 6 nitrogen and oxygen atoms in total. The van der Waals surface area contributed by atoms with E-state index in [1.807, 2.05) is 13.8 Å². The van der Waals surface area contributed by atoms with Crippen molar-refractivity contribution in [3.8, 4) is 0 Å². The second-order valence-corrected chi connectivity index (χ2v) is 8.98. The molecule has 0 aromatic heterocycles. The van der Waals surface area contributed by atoms with Gasteiger partial charge in [-0.2, -0.15) is 4.31 Å². The summed E-state index contributed by atoms with van der Waals surface area (Å²) in [5.41, 5.74) is -0.251. The van der Waals surface area contributed by atoms with Crippen molar-refractivity contribution in [3.05, 3.63) is 30.3 Å². The molecule has 1 aliphatic rings. The summed E-state index contributed by atoms with van der Waals surface area (Å²) in [5, 5.41) is 8.93. The molecule has 0 unspecified atom stereocenters. The van der Waals surface area contributed by atoms with Crippen molar-refractivity contribution < 1.29 is 18.3 Å². The Morgan fingerprint density at radius 1 is 1.12 bits per heavy atom. The van der Waals surface area contributed by atoms with Gasteiger partial charge in [-0.15, -0.1) is 0 Å². The first-order chi connectivity index (χ1) is 11.2. The number of aliphatic carboxylic acids is 1. The van der Waals surface area contributed by atoms with Gasteiger partial charge < -0.3 is 10.0 Å². The number of carbonyl (C=O) groups is 1. The van der Waals surface area contributed by atoms with Gasteiger partial charge in [0, 0.05) is 26.2 Å². The van der Waals surface area contributed by atoms with E-state index in [4.69, 9.17) is 5.11 Å². The Kier molecular flexibility index (Phi) is 6.01. The number of sulfonamides is 1. The normalized spacial score (nSPS) is 17.8. The number of benzene rings is 1. The van der Waals surface area contributed by atoms with E-state index in [-0.39, 0.29) is 11.8 Å². The Balaban J connectivity index is 1.87. The van der Waals surface area contributed by atoms with Gasteiger partial charge in [-0.05, 0) is 30.5 Å². The third-order valence-corrected chi connectivity index (χ3v) is 6.36. The van der Waals surface area contributed by atoms with Crippen molar-refractivity contribution >= 4 is 16.0 Å². The average Bonchev–Trinajstić information content (AvgIpc) is 2.53. The fraction of sp³-hybridized carbons (Fsp3) is 0.588. The topological polar surface area (TPSA) is 77.9 Å². The molecule has 1 aliphatic heterocycles. The van der Waals surface area contributed by atoms with Crippen molar-refractivity contribution in [1.29, 1.82) is 0 Å². The van der Waals surface area contributed by atoms with E-state index in [0.29, 0.717) is 31.1 Å². The molecule has 0 spiro atoms. The zero-order chi connectivity index (χ0) is 17.8. The molecule has 1 aromatic carbocycles. The van der Waals surface area contributed by atoms with Gasteiger partial charge >= 0.3 is 5.97 Å². The highest BCUT2D eigenvalue weighted by Gasteiger charge is 2.29. The Labute approximate surface area is 144 Å². The number of rotatable bonds is 7. The maximum Gasteiger partial charge on any atom is 0.303 e. The molecule has 134 valence electrons. The smallest absolute Gasteiger partial charge is 0.303 e. The van der Waals surface area contributed by atoms with Gasteiger partial charge in [0.15, 0.2) is 0 Å².